The molecule has 14 heteroatoms. The molecule has 1 aliphatic heterocycles. The Morgan fingerprint density at radius 3 is 2.60 bits per heavy atom. The zero-order chi connectivity index (χ0) is 29.9. The highest BCUT2D eigenvalue weighted by molar-refractivity contribution is 7.91. The number of halogens is 4. The number of nitrogens with zero attached hydrogens (tertiary/aromatic N) is 3. The molecule has 0 spiro atoms. The Labute approximate surface area is 239 Å². The van der Waals surface area contributed by atoms with Crippen LogP contribution in [0.4, 0.5) is 29.2 Å². The number of alkyl halides is 1. The van der Waals surface area contributed by atoms with E-state index in [1.54, 1.807) is 35.1 Å². The van der Waals surface area contributed by atoms with Gasteiger partial charge in [-0.3, -0.25) is 4.72 Å². The van der Waals surface area contributed by atoms with Gasteiger partial charge >= 0.3 is 0 Å². The lowest BCUT2D eigenvalue weighted by Gasteiger charge is -2.33. The number of pyridine rings is 1. The van der Waals surface area contributed by atoms with Gasteiger partial charge < -0.3 is 15.4 Å². The van der Waals surface area contributed by atoms with Crippen molar-refractivity contribution in [2.45, 2.75) is 30.8 Å². The predicted octanol–water partition coefficient (Wildman–Crippen LogP) is 5.19. The lowest BCUT2D eigenvalue weighted by molar-refractivity contribution is 0.137. The maximum Gasteiger partial charge on any atom is 0.237 e. The lowest BCUT2D eigenvalue weighted by Crippen LogP contribution is -2.50. The van der Waals surface area contributed by atoms with Crippen molar-refractivity contribution in [2.24, 2.45) is 0 Å². The van der Waals surface area contributed by atoms with Crippen LogP contribution < -0.4 is 20.1 Å². The van der Waals surface area contributed by atoms with Crippen LogP contribution in [0.3, 0.4) is 0 Å². The third-order valence-corrected chi connectivity index (χ3v) is 7.61. The largest absolute Gasteiger partial charge is 0.435 e. The average molecular weight is 603 g/mol. The van der Waals surface area contributed by atoms with Gasteiger partial charge in [0.15, 0.2) is 17.4 Å². The van der Waals surface area contributed by atoms with Gasteiger partial charge in [-0.25, -0.2) is 36.5 Å². The molecule has 2 atom stereocenters. The van der Waals surface area contributed by atoms with Crippen molar-refractivity contribution >= 4 is 21.7 Å². The van der Waals surface area contributed by atoms with Crippen molar-refractivity contribution in [3.8, 4) is 22.9 Å². The van der Waals surface area contributed by atoms with Crippen LogP contribution in [0.1, 0.15) is 18.9 Å². The summed E-state index contributed by atoms with van der Waals surface area (Å²) in [6, 6.07) is 12.8. The Kier molecular flexibility index (Phi) is 8.27. The van der Waals surface area contributed by atoms with Crippen LogP contribution in [0.15, 0.2) is 67.0 Å². The van der Waals surface area contributed by atoms with Crippen molar-refractivity contribution in [3.63, 3.8) is 0 Å². The first-order valence-electron chi connectivity index (χ1n) is 12.8. The van der Waals surface area contributed by atoms with Crippen LogP contribution in [0.2, 0.25) is 0 Å². The van der Waals surface area contributed by atoms with Gasteiger partial charge in [-0.2, -0.15) is 4.39 Å². The molecule has 4 aromatic rings. The van der Waals surface area contributed by atoms with Gasteiger partial charge in [0.2, 0.25) is 27.7 Å². The second-order valence-corrected chi connectivity index (χ2v) is 11.7. The molecule has 1 saturated heterocycles. The normalized spacial score (nSPS) is 18.8. The van der Waals surface area contributed by atoms with Crippen LogP contribution in [0.5, 0.6) is 11.6 Å². The van der Waals surface area contributed by atoms with Gasteiger partial charge in [0, 0.05) is 44.0 Å². The van der Waals surface area contributed by atoms with Crippen molar-refractivity contribution in [2.75, 3.05) is 23.1 Å². The molecular weight excluding hydrogens is 576 g/mol. The first kappa shape index (κ1) is 29.2. The number of rotatable bonds is 9. The van der Waals surface area contributed by atoms with E-state index < -0.39 is 50.3 Å². The minimum absolute atomic E-state index is 0.196. The molecule has 1 unspecified atom stereocenters. The quantitative estimate of drug-likeness (QED) is 0.177. The number of piperidine rings is 1. The molecule has 5 rings (SSSR count). The molecule has 0 amide bonds. The Balaban J connectivity index is 1.38. The fourth-order valence-corrected chi connectivity index (χ4v) is 5.73. The predicted molar refractivity (Wildman–Crippen MR) is 149 cm³/mol. The fourth-order valence-electron chi connectivity index (χ4n) is 4.53. The van der Waals surface area contributed by atoms with Gasteiger partial charge in [-0.05, 0) is 30.7 Å². The molecule has 0 aliphatic carbocycles. The Hall–Kier alpha value is -4.30. The van der Waals surface area contributed by atoms with Crippen molar-refractivity contribution in [1.82, 2.24) is 20.3 Å². The molecular formula is C28H26F4N6O3S. The molecule has 2 aromatic carbocycles. The summed E-state index contributed by atoms with van der Waals surface area (Å²) in [5.74, 6) is -6.28. The summed E-state index contributed by atoms with van der Waals surface area (Å²) in [6.45, 7) is 2.24. The van der Waals surface area contributed by atoms with E-state index in [1.165, 1.54) is 37.5 Å². The molecule has 2 aromatic heterocycles. The van der Waals surface area contributed by atoms with Crippen LogP contribution in [-0.4, -0.2) is 48.2 Å². The Morgan fingerprint density at radius 1 is 1.05 bits per heavy atom. The minimum atomic E-state index is -4.28. The summed E-state index contributed by atoms with van der Waals surface area (Å²) in [6.07, 6.45) is 3.01. The molecule has 0 radical (unpaired) electrons. The van der Waals surface area contributed by atoms with E-state index in [-0.39, 0.29) is 42.1 Å². The molecule has 42 heavy (non-hydrogen) atoms. The number of benzene rings is 2. The van der Waals surface area contributed by atoms with Crippen LogP contribution in [-0.2, 0) is 15.8 Å². The minimum Gasteiger partial charge on any atom is -0.435 e. The van der Waals surface area contributed by atoms with E-state index in [1.807, 2.05) is 0 Å². The number of hydrogen-bond acceptors (Lipinski definition) is 8. The van der Waals surface area contributed by atoms with E-state index in [0.29, 0.717) is 18.2 Å². The average Bonchev–Trinajstić information content (AvgIpc) is 2.94. The zero-order valence-corrected chi connectivity index (χ0v) is 23.1. The summed E-state index contributed by atoms with van der Waals surface area (Å²) < 4.78 is 91.6. The number of hydrogen-bond donors (Lipinski definition) is 3. The molecule has 3 heterocycles. The molecule has 1 aliphatic rings. The highest BCUT2D eigenvalue weighted by Crippen LogP contribution is 2.36. The first-order chi connectivity index (χ1) is 20.0. The summed E-state index contributed by atoms with van der Waals surface area (Å²) >= 11 is 0. The maximum absolute atomic E-state index is 15.0. The van der Waals surface area contributed by atoms with Gasteiger partial charge in [0.1, 0.15) is 11.4 Å². The summed E-state index contributed by atoms with van der Waals surface area (Å²) in [5, 5.41) is 6.09. The topological polar surface area (TPSA) is 118 Å². The van der Waals surface area contributed by atoms with E-state index in [4.69, 9.17) is 4.74 Å². The summed E-state index contributed by atoms with van der Waals surface area (Å²) in [5.41, 5.74) is -1.68. The van der Waals surface area contributed by atoms with Gasteiger partial charge in [0.05, 0.1) is 17.0 Å². The monoisotopic (exact) mass is 602 g/mol. The smallest absolute Gasteiger partial charge is 0.237 e. The SMILES string of the molecule is C[C@@]1(F)CNCC(Nc2nccc(-c3cccnc3Oc3cc(F)c(NS(=O)(=O)Cc4ccccc4)c(F)c3F)n2)C1. The van der Waals surface area contributed by atoms with E-state index in [0.717, 1.165) is 0 Å². The molecule has 0 saturated carbocycles. The standard InChI is InChI=1S/C28H26F4N6O3S/c1-28(32)13-18(14-33-16-28)36-27-35-11-9-21(37-27)19-8-5-10-34-26(19)41-22-12-20(29)25(24(31)23(22)30)38-42(39,40)15-17-6-3-2-4-7-17/h2-12,18,33,38H,13-16H2,1H3,(H,35,36,37)/t18?,28-/m0/s1. The summed E-state index contributed by atoms with van der Waals surface area (Å²) in [4.78, 5) is 12.7. The van der Waals surface area contributed by atoms with Gasteiger partial charge in [0.25, 0.3) is 0 Å². The molecule has 220 valence electrons. The van der Waals surface area contributed by atoms with Gasteiger partial charge in [-0.1, -0.05) is 30.3 Å². The third-order valence-electron chi connectivity index (χ3n) is 6.38. The lowest BCUT2D eigenvalue weighted by atomic mass is 9.95. The second-order valence-electron chi connectivity index (χ2n) is 10.0. The first-order valence-corrected chi connectivity index (χ1v) is 14.5. The van der Waals surface area contributed by atoms with E-state index in [9.17, 15) is 21.6 Å². The molecule has 0 bridgehead atoms. The maximum atomic E-state index is 15.0. The van der Waals surface area contributed by atoms with Crippen LogP contribution in [0.25, 0.3) is 11.3 Å². The van der Waals surface area contributed by atoms with E-state index in [2.05, 4.69) is 25.6 Å². The molecule has 1 fully saturated rings. The van der Waals surface area contributed by atoms with Crippen molar-refractivity contribution in [1.29, 1.82) is 0 Å². The van der Waals surface area contributed by atoms with Crippen molar-refractivity contribution in [3.05, 3.63) is 90.0 Å². The number of ether oxygens (including phenoxy) is 1. The van der Waals surface area contributed by atoms with E-state index >= 15 is 4.39 Å². The number of anilines is 2. The fraction of sp³-hybridized carbons (Fsp3) is 0.250. The zero-order valence-electron chi connectivity index (χ0n) is 22.2. The Bertz CT molecular complexity index is 1690. The third kappa shape index (κ3) is 6.94. The van der Waals surface area contributed by atoms with Crippen molar-refractivity contribution < 1.29 is 30.7 Å². The van der Waals surface area contributed by atoms with Crippen LogP contribution in [0, 0.1) is 17.5 Å². The van der Waals surface area contributed by atoms with Gasteiger partial charge in [-0.15, -0.1) is 0 Å². The number of nitrogens with one attached hydrogen (secondary N) is 3. The number of aromatic nitrogens is 3. The highest BCUT2D eigenvalue weighted by atomic mass is 32.2. The number of sulfonamides is 1. The summed E-state index contributed by atoms with van der Waals surface area (Å²) in [7, 11) is -4.28. The molecule has 3 N–H and O–H groups in total. The molecule has 9 nitrogen and oxygen atoms in total. The highest BCUT2D eigenvalue weighted by Gasteiger charge is 2.32. The Morgan fingerprint density at radius 2 is 1.83 bits per heavy atom. The second kappa shape index (κ2) is 11.9. The van der Waals surface area contributed by atoms with Crippen LogP contribution >= 0.6 is 0 Å².